The van der Waals surface area contributed by atoms with E-state index in [0.29, 0.717) is 57.4 Å². The van der Waals surface area contributed by atoms with E-state index in [4.69, 9.17) is 15.2 Å². The van der Waals surface area contributed by atoms with Crippen LogP contribution in [0.4, 0.5) is 23.5 Å². The van der Waals surface area contributed by atoms with Crippen molar-refractivity contribution in [1.82, 2.24) is 15.0 Å². The molecule has 0 aliphatic rings. The van der Waals surface area contributed by atoms with Crippen molar-refractivity contribution in [3.05, 3.63) is 42.5 Å². The van der Waals surface area contributed by atoms with E-state index in [1.54, 1.807) is 0 Å². The highest BCUT2D eigenvalue weighted by Gasteiger charge is 2.07. The molecule has 3 rings (SSSR count). The van der Waals surface area contributed by atoms with Gasteiger partial charge in [0.25, 0.3) is 0 Å². The number of aromatic nitrogens is 3. The fourth-order valence-corrected chi connectivity index (χ4v) is 3.00. The first kappa shape index (κ1) is 23.6. The summed E-state index contributed by atoms with van der Waals surface area (Å²) in [5, 5.41) is 12.1. The highest BCUT2D eigenvalue weighted by Crippen LogP contribution is 2.21. The van der Waals surface area contributed by atoms with Gasteiger partial charge in [-0.3, -0.25) is 0 Å². The van der Waals surface area contributed by atoms with Crippen LogP contribution in [0.25, 0.3) is 10.8 Å². The predicted octanol–water partition coefficient (Wildman–Crippen LogP) is 3.38. The highest BCUT2D eigenvalue weighted by atomic mass is 16.5. The SMILES string of the molecule is CCCCNc1nc(NCCOCCOCCN)nc(Nc2ccc3ccccc3c2)n1. The third-order valence-electron chi connectivity index (χ3n) is 4.62. The van der Waals surface area contributed by atoms with Gasteiger partial charge in [-0.15, -0.1) is 0 Å². The van der Waals surface area contributed by atoms with Crippen LogP contribution < -0.4 is 21.7 Å². The Labute approximate surface area is 189 Å². The molecule has 0 saturated carbocycles. The summed E-state index contributed by atoms with van der Waals surface area (Å²) in [5.41, 5.74) is 6.30. The lowest BCUT2D eigenvalue weighted by molar-refractivity contribution is 0.0547. The van der Waals surface area contributed by atoms with Crippen LogP contribution in [0.2, 0.25) is 0 Å². The zero-order chi connectivity index (χ0) is 22.4. The van der Waals surface area contributed by atoms with E-state index in [0.717, 1.165) is 30.5 Å². The van der Waals surface area contributed by atoms with Crippen LogP contribution in [0.3, 0.4) is 0 Å². The van der Waals surface area contributed by atoms with Gasteiger partial charge in [-0.1, -0.05) is 43.7 Å². The molecule has 0 aliphatic carbocycles. The lowest BCUT2D eigenvalue weighted by atomic mass is 10.1. The van der Waals surface area contributed by atoms with Crippen molar-refractivity contribution in [1.29, 1.82) is 0 Å². The molecule has 2 aromatic carbocycles. The second-order valence-corrected chi connectivity index (χ2v) is 7.21. The molecule has 0 amide bonds. The number of fused-ring (bicyclic) bond motifs is 1. The highest BCUT2D eigenvalue weighted by molar-refractivity contribution is 5.86. The number of nitrogens with two attached hydrogens (primary N) is 1. The molecule has 172 valence electrons. The summed E-state index contributed by atoms with van der Waals surface area (Å²) in [6.45, 7) is 6.18. The second-order valence-electron chi connectivity index (χ2n) is 7.21. The maximum atomic E-state index is 5.55. The van der Waals surface area contributed by atoms with Crippen LogP contribution >= 0.6 is 0 Å². The van der Waals surface area contributed by atoms with Crippen molar-refractivity contribution in [3.8, 4) is 0 Å². The Hall–Kier alpha value is -3.01. The predicted molar refractivity (Wildman–Crippen MR) is 130 cm³/mol. The Morgan fingerprint density at radius 1 is 0.781 bits per heavy atom. The average molecular weight is 440 g/mol. The van der Waals surface area contributed by atoms with Crippen LogP contribution in [0.1, 0.15) is 19.8 Å². The van der Waals surface area contributed by atoms with E-state index >= 15 is 0 Å². The lowest BCUT2D eigenvalue weighted by Crippen LogP contribution is -2.17. The lowest BCUT2D eigenvalue weighted by Gasteiger charge is -2.12. The van der Waals surface area contributed by atoms with E-state index in [1.807, 2.05) is 18.2 Å². The van der Waals surface area contributed by atoms with Crippen LogP contribution in [0, 0.1) is 0 Å². The Bertz CT molecular complexity index is 955. The molecule has 1 heterocycles. The van der Waals surface area contributed by atoms with Gasteiger partial charge in [-0.05, 0) is 29.3 Å². The Morgan fingerprint density at radius 2 is 1.47 bits per heavy atom. The number of rotatable bonds is 15. The quantitative estimate of drug-likeness (QED) is 0.264. The Morgan fingerprint density at radius 3 is 2.22 bits per heavy atom. The van der Waals surface area contributed by atoms with Crippen molar-refractivity contribution in [2.45, 2.75) is 19.8 Å². The van der Waals surface area contributed by atoms with Gasteiger partial charge in [0.15, 0.2) is 0 Å². The van der Waals surface area contributed by atoms with E-state index < -0.39 is 0 Å². The number of nitrogens with zero attached hydrogens (tertiary/aromatic N) is 3. The van der Waals surface area contributed by atoms with Gasteiger partial charge in [-0.2, -0.15) is 15.0 Å². The standard InChI is InChI=1S/C23H33N7O2/c1-2-3-11-25-21-28-22(26-12-14-32-16-15-31-13-10-24)30-23(29-21)27-20-9-8-18-6-4-5-7-19(18)17-20/h4-9,17H,2-3,10-16,24H2,1H3,(H3,25,26,27,28,29,30). The Balaban J connectivity index is 1.61. The number of benzene rings is 2. The molecule has 9 nitrogen and oxygen atoms in total. The van der Waals surface area contributed by atoms with Gasteiger partial charge >= 0.3 is 0 Å². The minimum atomic E-state index is 0.480. The normalized spacial score (nSPS) is 10.9. The third-order valence-corrected chi connectivity index (χ3v) is 4.62. The van der Waals surface area contributed by atoms with Crippen molar-refractivity contribution in [3.63, 3.8) is 0 Å². The largest absolute Gasteiger partial charge is 0.378 e. The molecule has 32 heavy (non-hydrogen) atoms. The first-order chi connectivity index (χ1) is 15.8. The summed E-state index contributed by atoms with van der Waals surface area (Å²) < 4.78 is 10.8. The summed E-state index contributed by atoms with van der Waals surface area (Å²) in [5.74, 6) is 1.51. The average Bonchev–Trinajstić information content (AvgIpc) is 2.81. The molecule has 0 unspecified atom stereocenters. The molecule has 0 saturated heterocycles. The van der Waals surface area contributed by atoms with Crippen molar-refractivity contribution >= 4 is 34.3 Å². The van der Waals surface area contributed by atoms with Gasteiger partial charge in [-0.25, -0.2) is 0 Å². The minimum absolute atomic E-state index is 0.480. The van der Waals surface area contributed by atoms with Crippen molar-refractivity contribution in [2.24, 2.45) is 5.73 Å². The first-order valence-electron chi connectivity index (χ1n) is 11.1. The van der Waals surface area contributed by atoms with Crippen LogP contribution in [0.15, 0.2) is 42.5 Å². The Kier molecular flexibility index (Phi) is 9.91. The second kappa shape index (κ2) is 13.4. The fraction of sp³-hybridized carbons (Fsp3) is 0.435. The molecule has 0 spiro atoms. The zero-order valence-corrected chi connectivity index (χ0v) is 18.6. The monoisotopic (exact) mass is 439 g/mol. The van der Waals surface area contributed by atoms with Gasteiger partial charge in [0.05, 0.1) is 26.4 Å². The molecule has 5 N–H and O–H groups in total. The summed E-state index contributed by atoms with van der Waals surface area (Å²) in [6.07, 6.45) is 2.14. The third kappa shape index (κ3) is 7.92. The van der Waals surface area contributed by atoms with Crippen LogP contribution in [0.5, 0.6) is 0 Å². The fourth-order valence-electron chi connectivity index (χ4n) is 3.00. The number of ether oxygens (including phenoxy) is 2. The van der Waals surface area contributed by atoms with Crippen molar-refractivity contribution < 1.29 is 9.47 Å². The zero-order valence-electron chi connectivity index (χ0n) is 18.6. The van der Waals surface area contributed by atoms with Crippen molar-refractivity contribution in [2.75, 3.05) is 62.0 Å². The summed E-state index contributed by atoms with van der Waals surface area (Å²) in [6, 6.07) is 14.4. The maximum Gasteiger partial charge on any atom is 0.233 e. The van der Waals surface area contributed by atoms with Crippen LogP contribution in [-0.4, -0.2) is 61.0 Å². The maximum absolute atomic E-state index is 5.55. The van der Waals surface area contributed by atoms with Gasteiger partial charge < -0.3 is 31.2 Å². The molecule has 0 radical (unpaired) electrons. The van der Waals surface area contributed by atoms with E-state index in [2.05, 4.69) is 62.1 Å². The van der Waals surface area contributed by atoms with Gasteiger partial charge in [0.1, 0.15) is 0 Å². The van der Waals surface area contributed by atoms with E-state index in [9.17, 15) is 0 Å². The van der Waals surface area contributed by atoms with E-state index in [-0.39, 0.29) is 0 Å². The molecule has 3 aromatic rings. The smallest absolute Gasteiger partial charge is 0.233 e. The molecular weight excluding hydrogens is 406 g/mol. The molecule has 1 aromatic heterocycles. The summed E-state index contributed by atoms with van der Waals surface area (Å²) in [7, 11) is 0. The minimum Gasteiger partial charge on any atom is -0.378 e. The molecule has 0 atom stereocenters. The van der Waals surface area contributed by atoms with E-state index in [1.165, 1.54) is 5.39 Å². The molecule has 9 heteroatoms. The number of unbranched alkanes of at least 4 members (excludes halogenated alkanes) is 1. The molecule has 0 bridgehead atoms. The first-order valence-corrected chi connectivity index (χ1v) is 11.1. The topological polar surface area (TPSA) is 119 Å². The number of anilines is 4. The van der Waals surface area contributed by atoms with Crippen LogP contribution in [-0.2, 0) is 9.47 Å². The van der Waals surface area contributed by atoms with Gasteiger partial charge in [0.2, 0.25) is 17.8 Å². The van der Waals surface area contributed by atoms with Gasteiger partial charge in [0, 0.05) is 25.3 Å². The molecule has 0 fully saturated rings. The molecule has 0 aliphatic heterocycles. The summed E-state index contributed by atoms with van der Waals surface area (Å²) in [4.78, 5) is 13.5. The summed E-state index contributed by atoms with van der Waals surface area (Å²) >= 11 is 0. The number of hydrogen-bond donors (Lipinski definition) is 4. The number of hydrogen-bond acceptors (Lipinski definition) is 9. The molecular formula is C23H33N7O2. The number of nitrogens with one attached hydrogen (secondary N) is 3.